The molecule has 0 saturated carbocycles. The van der Waals surface area contributed by atoms with Crippen molar-refractivity contribution in [3.8, 4) is 11.5 Å². The van der Waals surface area contributed by atoms with E-state index in [2.05, 4.69) is 5.32 Å². The Labute approximate surface area is 183 Å². The third-order valence-electron chi connectivity index (χ3n) is 3.83. The first kappa shape index (κ1) is 21.5. The molecule has 1 aliphatic rings. The molecule has 1 unspecified atom stereocenters. The first-order chi connectivity index (χ1) is 12.5. The second-order valence-electron chi connectivity index (χ2n) is 5.61. The zero-order chi connectivity index (χ0) is 18.5. The van der Waals surface area contributed by atoms with Gasteiger partial charge < -0.3 is 24.4 Å². The van der Waals surface area contributed by atoms with Crippen LogP contribution in [-0.2, 0) is 11.2 Å². The number of amides is 2. The average Bonchev–Trinajstić information content (AvgIpc) is 2.97. The summed E-state index contributed by atoms with van der Waals surface area (Å²) < 4.78 is 10.6. The summed E-state index contributed by atoms with van der Waals surface area (Å²) in [6, 6.07) is 14.0. The fraction of sp³-hybridized carbons (Fsp3) is 0.211. The number of hydrogen-bond donors (Lipinski definition) is 0. The third-order valence-corrected chi connectivity index (χ3v) is 4.77. The summed E-state index contributed by atoms with van der Waals surface area (Å²) in [5.74, 6) is 0.631. The number of ketones is 1. The molecule has 1 fully saturated rings. The van der Waals surface area contributed by atoms with Gasteiger partial charge in [0.1, 0.15) is 16.7 Å². The minimum Gasteiger partial charge on any atom is -0.585 e. The van der Waals surface area contributed by atoms with Crippen LogP contribution in [0.5, 0.6) is 11.5 Å². The minimum atomic E-state index is -0.455. The number of thioether (sulfide) groups is 1. The Kier molecular flexibility index (Phi) is 7.91. The molecule has 8 heteroatoms. The fourth-order valence-corrected chi connectivity index (χ4v) is 3.27. The van der Waals surface area contributed by atoms with Gasteiger partial charge in [0.15, 0.2) is 12.4 Å². The standard InChI is InChI=1S/C19H17NO5S.Na/c1-24-15-4-2-3-13(10-15)16(21)11-25-14-7-5-12(6-8-14)9-17-18(22)20-19(23)26-17;/h2-8,10,17H,9,11H2,1H3,(H,20,22,23);/q;+1/p-1. The number of Topliss-reactive ketones (excluding diaryl/α,β-unsaturated/α-hetero) is 1. The van der Waals surface area contributed by atoms with Crippen LogP contribution in [0.4, 0.5) is 4.79 Å². The molecule has 3 rings (SSSR count). The number of benzene rings is 2. The van der Waals surface area contributed by atoms with Crippen LogP contribution < -0.4 is 39.0 Å². The van der Waals surface area contributed by atoms with Crippen molar-refractivity contribution in [1.82, 2.24) is 0 Å². The van der Waals surface area contributed by atoms with Gasteiger partial charge in [0.05, 0.1) is 18.3 Å². The second kappa shape index (κ2) is 9.94. The number of imide groups is 1. The van der Waals surface area contributed by atoms with Crippen LogP contribution >= 0.6 is 11.8 Å². The first-order valence-corrected chi connectivity index (χ1v) is 8.78. The summed E-state index contributed by atoms with van der Waals surface area (Å²) in [5.41, 5.74) is 1.42. The molecule has 0 aromatic heterocycles. The minimum absolute atomic E-state index is 0. The zero-order valence-corrected chi connectivity index (χ0v) is 17.8. The molecule has 1 aliphatic heterocycles. The van der Waals surface area contributed by atoms with E-state index in [1.54, 1.807) is 43.5 Å². The Balaban J connectivity index is 0.00000261. The number of methoxy groups -OCH3 is 1. The Bertz CT molecular complexity index is 840. The van der Waals surface area contributed by atoms with E-state index >= 15 is 0 Å². The molecule has 2 amide bonds. The van der Waals surface area contributed by atoms with Crippen LogP contribution in [0.1, 0.15) is 15.9 Å². The number of carbonyl (C=O) groups is 3. The SMILES string of the molecule is COc1cccc(C(=O)COc2ccc(CC3SC(=O)[N-]C3=O)cc2)c1.[Na+]. The van der Waals surface area contributed by atoms with E-state index in [0.29, 0.717) is 23.5 Å². The molecule has 134 valence electrons. The summed E-state index contributed by atoms with van der Waals surface area (Å²) in [6.45, 7) is -0.0864. The van der Waals surface area contributed by atoms with Gasteiger partial charge in [0, 0.05) is 5.56 Å². The van der Waals surface area contributed by atoms with Gasteiger partial charge in [-0.25, -0.2) is 0 Å². The van der Waals surface area contributed by atoms with E-state index in [1.807, 2.05) is 12.1 Å². The quantitative estimate of drug-likeness (QED) is 0.507. The molecule has 1 saturated heterocycles. The average molecular weight is 393 g/mol. The number of nitrogens with zero attached hydrogens (tertiary/aromatic N) is 1. The van der Waals surface area contributed by atoms with Crippen molar-refractivity contribution in [2.45, 2.75) is 11.7 Å². The van der Waals surface area contributed by atoms with Crippen molar-refractivity contribution < 1.29 is 53.4 Å². The Hall–Kier alpha value is -1.80. The number of carbonyl (C=O) groups excluding carboxylic acids is 3. The van der Waals surface area contributed by atoms with E-state index < -0.39 is 10.5 Å². The van der Waals surface area contributed by atoms with Gasteiger partial charge >= 0.3 is 29.6 Å². The number of hydrogen-bond acceptors (Lipinski definition) is 6. The smallest absolute Gasteiger partial charge is 0.585 e. The van der Waals surface area contributed by atoms with Crippen molar-refractivity contribution in [1.29, 1.82) is 0 Å². The van der Waals surface area contributed by atoms with Crippen molar-refractivity contribution in [3.63, 3.8) is 0 Å². The molecule has 27 heavy (non-hydrogen) atoms. The van der Waals surface area contributed by atoms with Crippen molar-refractivity contribution in [2.75, 3.05) is 13.7 Å². The number of ether oxygens (including phenoxy) is 2. The van der Waals surface area contributed by atoms with Gasteiger partial charge in [0.2, 0.25) is 0 Å². The monoisotopic (exact) mass is 393 g/mol. The summed E-state index contributed by atoms with van der Waals surface area (Å²) >= 11 is 0.946. The van der Waals surface area contributed by atoms with Gasteiger partial charge in [0.25, 0.3) is 0 Å². The van der Waals surface area contributed by atoms with Gasteiger partial charge in [-0.3, -0.25) is 4.79 Å². The molecular formula is C19H16NNaO5S. The second-order valence-corrected chi connectivity index (χ2v) is 6.77. The molecular weight excluding hydrogens is 377 g/mol. The van der Waals surface area contributed by atoms with Gasteiger partial charge in [-0.2, -0.15) is 0 Å². The van der Waals surface area contributed by atoms with Crippen molar-refractivity contribution in [3.05, 3.63) is 65.0 Å². The van der Waals surface area contributed by atoms with Gasteiger partial charge in [-0.05, 0) is 36.2 Å². The van der Waals surface area contributed by atoms with Crippen LogP contribution in [0.15, 0.2) is 48.5 Å². The summed E-state index contributed by atoms with van der Waals surface area (Å²) in [7, 11) is 1.54. The van der Waals surface area contributed by atoms with Crippen LogP contribution in [0.25, 0.3) is 5.32 Å². The van der Waals surface area contributed by atoms with E-state index in [0.717, 1.165) is 17.3 Å². The maximum absolute atomic E-state index is 12.2. The van der Waals surface area contributed by atoms with Crippen LogP contribution in [-0.4, -0.2) is 35.9 Å². The predicted octanol–water partition coefficient (Wildman–Crippen LogP) is 0.639. The molecule has 0 radical (unpaired) electrons. The topological polar surface area (TPSA) is 83.8 Å². The van der Waals surface area contributed by atoms with E-state index in [9.17, 15) is 14.4 Å². The summed E-state index contributed by atoms with van der Waals surface area (Å²) in [6.07, 6.45) is 0.432. The molecule has 1 atom stereocenters. The Morgan fingerprint density at radius 1 is 1.11 bits per heavy atom. The fourth-order valence-electron chi connectivity index (χ4n) is 2.45. The molecule has 2 aromatic rings. The Morgan fingerprint density at radius 3 is 2.48 bits per heavy atom. The first-order valence-electron chi connectivity index (χ1n) is 7.90. The van der Waals surface area contributed by atoms with E-state index in [1.165, 1.54) is 0 Å². The summed E-state index contributed by atoms with van der Waals surface area (Å²) in [4.78, 5) is 34.9. The van der Waals surface area contributed by atoms with Crippen molar-refractivity contribution >= 4 is 28.7 Å². The number of rotatable bonds is 7. The molecule has 0 N–H and O–H groups in total. The van der Waals surface area contributed by atoms with Crippen LogP contribution in [0.3, 0.4) is 0 Å². The Morgan fingerprint density at radius 2 is 1.85 bits per heavy atom. The summed E-state index contributed by atoms with van der Waals surface area (Å²) in [5, 5.41) is 2.50. The van der Waals surface area contributed by atoms with Gasteiger partial charge in [-0.1, -0.05) is 36.0 Å². The van der Waals surface area contributed by atoms with E-state index in [4.69, 9.17) is 9.47 Å². The molecule has 0 bridgehead atoms. The maximum atomic E-state index is 12.2. The third kappa shape index (κ3) is 5.84. The molecule has 2 aromatic carbocycles. The van der Waals surface area contributed by atoms with Crippen LogP contribution in [0.2, 0.25) is 0 Å². The van der Waals surface area contributed by atoms with Crippen molar-refractivity contribution in [2.24, 2.45) is 0 Å². The molecule has 0 spiro atoms. The molecule has 0 aliphatic carbocycles. The molecule has 6 nitrogen and oxygen atoms in total. The molecule has 1 heterocycles. The van der Waals surface area contributed by atoms with E-state index in [-0.39, 0.29) is 47.9 Å². The van der Waals surface area contributed by atoms with Crippen LogP contribution in [0, 0.1) is 0 Å². The largest absolute Gasteiger partial charge is 1.00 e. The predicted molar refractivity (Wildman–Crippen MR) is 98.1 cm³/mol. The van der Waals surface area contributed by atoms with Gasteiger partial charge in [-0.15, -0.1) is 0 Å². The zero-order valence-electron chi connectivity index (χ0n) is 15.0. The normalized spacial score (nSPS) is 15.7. The maximum Gasteiger partial charge on any atom is 1.00 e.